The molecule has 140 valence electrons. The molecule has 26 heavy (non-hydrogen) atoms. The summed E-state index contributed by atoms with van der Waals surface area (Å²) >= 11 is 0. The van der Waals surface area contributed by atoms with E-state index < -0.39 is 23.9 Å². The molecule has 0 bridgehead atoms. The largest absolute Gasteiger partial charge is 0.478 e. The number of carbonyl (C=O) groups is 3. The Balaban J connectivity index is 2.34. The summed E-state index contributed by atoms with van der Waals surface area (Å²) in [4.78, 5) is 36.1. The van der Waals surface area contributed by atoms with Crippen LogP contribution in [-0.2, 0) is 19.1 Å². The fourth-order valence-electron chi connectivity index (χ4n) is 3.28. The lowest BCUT2D eigenvalue weighted by molar-refractivity contribution is -0.141. The van der Waals surface area contributed by atoms with Crippen molar-refractivity contribution in [3.8, 4) is 0 Å². The molecule has 6 nitrogen and oxygen atoms in total. The number of carbonyl (C=O) groups excluding carboxylic acids is 2. The van der Waals surface area contributed by atoms with Gasteiger partial charge in [0.1, 0.15) is 0 Å². The highest BCUT2D eigenvalue weighted by molar-refractivity contribution is 6.02. The predicted molar refractivity (Wildman–Crippen MR) is 96.6 cm³/mol. The van der Waals surface area contributed by atoms with Crippen LogP contribution in [0.5, 0.6) is 0 Å². The normalized spacial score (nSPS) is 15.3. The van der Waals surface area contributed by atoms with Gasteiger partial charge in [-0.1, -0.05) is 18.2 Å². The van der Waals surface area contributed by atoms with Crippen LogP contribution < -0.4 is 5.32 Å². The highest BCUT2D eigenvalue weighted by Gasteiger charge is 2.27. The number of aryl methyl sites for hydroxylation is 1. The molecule has 1 aromatic rings. The van der Waals surface area contributed by atoms with Crippen LogP contribution in [0.1, 0.15) is 54.8 Å². The summed E-state index contributed by atoms with van der Waals surface area (Å²) in [5, 5.41) is 12.2. The number of aliphatic carboxylic acids is 1. The van der Waals surface area contributed by atoms with Crippen LogP contribution in [-0.4, -0.2) is 30.1 Å². The fourth-order valence-corrected chi connectivity index (χ4v) is 3.28. The molecule has 2 N–H and O–H groups in total. The van der Waals surface area contributed by atoms with Crippen molar-refractivity contribution in [3.05, 3.63) is 46.0 Å². The zero-order valence-corrected chi connectivity index (χ0v) is 15.4. The standard InChI is InChI=1S/C20H25NO5/c1-12-7-6-10-14(13(12)2)17(11-18(22)26-3)21-19(23)15-8-4-5-9-16(15)20(24)25/h6-7,10,17H,4-5,8-9,11H2,1-3H3,(H,21,23)(H,24,25)/t17-/m0/s1. The number of carboxylic acid groups (broad SMARTS) is 1. The lowest BCUT2D eigenvalue weighted by atomic mass is 9.90. The van der Waals surface area contributed by atoms with Crippen LogP contribution in [0.4, 0.5) is 0 Å². The average molecular weight is 359 g/mol. The molecule has 0 unspecified atom stereocenters. The maximum Gasteiger partial charge on any atom is 0.332 e. The van der Waals surface area contributed by atoms with Gasteiger partial charge in [-0.05, 0) is 56.2 Å². The van der Waals surface area contributed by atoms with E-state index in [1.54, 1.807) is 0 Å². The Morgan fingerprint density at radius 2 is 1.81 bits per heavy atom. The van der Waals surface area contributed by atoms with Gasteiger partial charge in [-0.3, -0.25) is 9.59 Å². The van der Waals surface area contributed by atoms with E-state index in [2.05, 4.69) is 5.32 Å². The van der Waals surface area contributed by atoms with Gasteiger partial charge in [0.25, 0.3) is 0 Å². The first kappa shape index (κ1) is 19.7. The number of hydrogen-bond acceptors (Lipinski definition) is 4. The monoisotopic (exact) mass is 359 g/mol. The second kappa shape index (κ2) is 8.65. The topological polar surface area (TPSA) is 92.7 Å². The third-order valence-corrected chi connectivity index (χ3v) is 4.93. The van der Waals surface area contributed by atoms with Gasteiger partial charge in [0.15, 0.2) is 0 Å². The SMILES string of the molecule is COC(=O)C[C@H](NC(=O)C1=C(C(=O)O)CCCC1)c1cccc(C)c1C. The molecular weight excluding hydrogens is 334 g/mol. The van der Waals surface area contributed by atoms with Crippen molar-refractivity contribution in [2.75, 3.05) is 7.11 Å². The molecule has 0 aliphatic heterocycles. The van der Waals surface area contributed by atoms with Crippen molar-refractivity contribution >= 4 is 17.8 Å². The van der Waals surface area contributed by atoms with E-state index in [4.69, 9.17) is 4.74 Å². The molecule has 0 radical (unpaired) electrons. The number of methoxy groups -OCH3 is 1. The minimum absolute atomic E-state index is 0.0117. The van der Waals surface area contributed by atoms with Crippen molar-refractivity contribution in [2.24, 2.45) is 0 Å². The molecule has 0 spiro atoms. The summed E-state index contributed by atoms with van der Waals surface area (Å²) in [6.45, 7) is 3.89. The van der Waals surface area contributed by atoms with E-state index in [9.17, 15) is 19.5 Å². The van der Waals surface area contributed by atoms with Gasteiger partial charge in [0.2, 0.25) is 5.91 Å². The van der Waals surface area contributed by atoms with Gasteiger partial charge >= 0.3 is 11.9 Å². The zero-order chi connectivity index (χ0) is 19.3. The molecule has 2 rings (SSSR count). The summed E-state index contributed by atoms with van der Waals surface area (Å²) in [7, 11) is 1.30. The third-order valence-electron chi connectivity index (χ3n) is 4.93. The number of carboxylic acids is 1. The van der Waals surface area contributed by atoms with Crippen LogP contribution in [0, 0.1) is 13.8 Å². The minimum atomic E-state index is -1.05. The number of esters is 1. The molecule has 0 heterocycles. The van der Waals surface area contributed by atoms with E-state index >= 15 is 0 Å². The van der Waals surface area contributed by atoms with Crippen molar-refractivity contribution in [3.63, 3.8) is 0 Å². The number of benzene rings is 1. The molecule has 0 saturated carbocycles. The summed E-state index contributed by atoms with van der Waals surface area (Å²) in [6, 6.07) is 5.13. The van der Waals surface area contributed by atoms with E-state index in [1.165, 1.54) is 7.11 Å². The van der Waals surface area contributed by atoms with Gasteiger partial charge in [0.05, 0.1) is 19.6 Å². The van der Waals surface area contributed by atoms with Crippen molar-refractivity contribution in [1.82, 2.24) is 5.32 Å². The number of nitrogens with one attached hydrogen (secondary N) is 1. The Bertz CT molecular complexity index is 751. The van der Waals surface area contributed by atoms with Gasteiger partial charge in [0, 0.05) is 11.1 Å². The number of rotatable bonds is 6. The van der Waals surface area contributed by atoms with Gasteiger partial charge < -0.3 is 15.2 Å². The first-order chi connectivity index (χ1) is 12.3. The van der Waals surface area contributed by atoms with Gasteiger partial charge in [-0.2, -0.15) is 0 Å². The molecular formula is C20H25NO5. The number of ether oxygens (including phenoxy) is 1. The molecule has 0 fully saturated rings. The maximum atomic E-state index is 12.8. The average Bonchev–Trinajstić information content (AvgIpc) is 2.63. The maximum absolute atomic E-state index is 12.8. The zero-order valence-electron chi connectivity index (χ0n) is 15.4. The lowest BCUT2D eigenvalue weighted by Gasteiger charge is -2.24. The molecule has 1 aliphatic rings. The Kier molecular flexibility index (Phi) is 6.55. The number of amides is 1. The smallest absolute Gasteiger partial charge is 0.332 e. The molecule has 0 aromatic heterocycles. The third kappa shape index (κ3) is 4.50. The first-order valence-electron chi connectivity index (χ1n) is 8.74. The summed E-state index contributed by atoms with van der Waals surface area (Å²) in [6.07, 6.45) is 2.36. The highest BCUT2D eigenvalue weighted by atomic mass is 16.5. The van der Waals surface area contributed by atoms with E-state index in [-0.39, 0.29) is 12.0 Å². The van der Waals surface area contributed by atoms with Crippen molar-refractivity contribution < 1.29 is 24.2 Å². The van der Waals surface area contributed by atoms with Crippen LogP contribution in [0.25, 0.3) is 0 Å². The van der Waals surface area contributed by atoms with Crippen molar-refractivity contribution in [1.29, 1.82) is 0 Å². The summed E-state index contributed by atoms with van der Waals surface area (Å²) in [5.41, 5.74) is 3.35. The van der Waals surface area contributed by atoms with Gasteiger partial charge in [-0.25, -0.2) is 4.79 Å². The second-order valence-corrected chi connectivity index (χ2v) is 6.56. The number of hydrogen-bond donors (Lipinski definition) is 2. The van der Waals surface area contributed by atoms with Crippen LogP contribution >= 0.6 is 0 Å². The Labute approximate surface area is 153 Å². The van der Waals surface area contributed by atoms with E-state index in [0.29, 0.717) is 18.4 Å². The van der Waals surface area contributed by atoms with Crippen LogP contribution in [0.2, 0.25) is 0 Å². The van der Waals surface area contributed by atoms with Gasteiger partial charge in [-0.15, -0.1) is 0 Å². The molecule has 1 aliphatic carbocycles. The molecule has 0 saturated heterocycles. The molecule has 1 amide bonds. The molecule has 6 heteroatoms. The Morgan fingerprint density at radius 1 is 1.15 bits per heavy atom. The molecule has 1 aromatic carbocycles. The lowest BCUT2D eigenvalue weighted by Crippen LogP contribution is -2.33. The summed E-state index contributed by atoms with van der Waals surface area (Å²) in [5.74, 6) is -1.91. The molecule has 1 atom stereocenters. The van der Waals surface area contributed by atoms with E-state index in [1.807, 2.05) is 32.0 Å². The van der Waals surface area contributed by atoms with Crippen LogP contribution in [0.3, 0.4) is 0 Å². The Hall–Kier alpha value is -2.63. The quantitative estimate of drug-likeness (QED) is 0.762. The minimum Gasteiger partial charge on any atom is -0.478 e. The predicted octanol–water partition coefficient (Wildman–Crippen LogP) is 2.98. The first-order valence-corrected chi connectivity index (χ1v) is 8.74. The highest BCUT2D eigenvalue weighted by Crippen LogP contribution is 2.28. The van der Waals surface area contributed by atoms with Crippen LogP contribution in [0.15, 0.2) is 29.3 Å². The Morgan fingerprint density at radius 3 is 2.42 bits per heavy atom. The second-order valence-electron chi connectivity index (χ2n) is 6.56. The summed E-state index contributed by atoms with van der Waals surface area (Å²) < 4.78 is 4.76. The van der Waals surface area contributed by atoms with E-state index in [0.717, 1.165) is 29.5 Å². The fraction of sp³-hybridized carbons (Fsp3) is 0.450. The van der Waals surface area contributed by atoms with Crippen molar-refractivity contribution in [2.45, 2.75) is 52.0 Å².